The molecule has 0 fully saturated rings. The number of esters is 1. The third kappa shape index (κ3) is 7.27. The van der Waals surface area contributed by atoms with E-state index in [0.717, 1.165) is 16.6 Å². The average molecular weight is 432 g/mol. The van der Waals surface area contributed by atoms with Gasteiger partial charge in [0.05, 0.1) is 13.2 Å². The number of amides is 1. The molecule has 0 aliphatic rings. The zero-order valence-electron chi connectivity index (χ0n) is 15.2. The van der Waals surface area contributed by atoms with Crippen molar-refractivity contribution in [1.82, 2.24) is 0 Å². The maximum atomic E-state index is 12.2. The lowest BCUT2D eigenvalue weighted by Gasteiger charge is -2.08. The van der Waals surface area contributed by atoms with Crippen molar-refractivity contribution in [3.05, 3.63) is 70.7 Å². The van der Waals surface area contributed by atoms with Gasteiger partial charge in [-0.2, -0.15) is 0 Å². The van der Waals surface area contributed by atoms with Gasteiger partial charge in [0.15, 0.2) is 0 Å². The number of carbonyl (C=O) groups excluding carboxylic acids is 2. The van der Waals surface area contributed by atoms with E-state index < -0.39 is 0 Å². The summed E-state index contributed by atoms with van der Waals surface area (Å²) in [6.07, 6.45) is 1.47. The van der Waals surface area contributed by atoms with E-state index in [1.807, 2.05) is 24.3 Å². The second-order valence-electron chi connectivity index (χ2n) is 5.96. The standard InChI is InChI=1S/C21H22BrNO4/c1-15(2)21(25)27-14-4-3-13-26-19-11-5-16(6-12-19)20(24)23-18-9-7-17(22)8-10-18/h5-12H,1,3-4,13-14H2,2H3,(H,23,24). The van der Waals surface area contributed by atoms with Gasteiger partial charge in [0.25, 0.3) is 5.91 Å². The molecule has 0 bridgehead atoms. The van der Waals surface area contributed by atoms with Crippen molar-refractivity contribution in [3.8, 4) is 5.75 Å². The Labute approximate surface area is 167 Å². The average Bonchev–Trinajstić information content (AvgIpc) is 2.66. The second-order valence-corrected chi connectivity index (χ2v) is 6.87. The van der Waals surface area contributed by atoms with Crippen LogP contribution in [0.1, 0.15) is 30.1 Å². The van der Waals surface area contributed by atoms with Crippen molar-refractivity contribution in [2.75, 3.05) is 18.5 Å². The zero-order chi connectivity index (χ0) is 19.6. The summed E-state index contributed by atoms with van der Waals surface area (Å²) >= 11 is 3.36. The molecule has 0 aliphatic carbocycles. The van der Waals surface area contributed by atoms with E-state index in [0.29, 0.717) is 36.5 Å². The minimum atomic E-state index is -0.368. The van der Waals surface area contributed by atoms with Crippen molar-refractivity contribution >= 4 is 33.5 Å². The molecule has 0 saturated heterocycles. The number of rotatable bonds is 9. The van der Waals surface area contributed by atoms with Gasteiger partial charge in [0.1, 0.15) is 5.75 Å². The quantitative estimate of drug-likeness (QED) is 0.345. The molecule has 0 spiro atoms. The molecule has 2 aromatic rings. The van der Waals surface area contributed by atoms with Crippen LogP contribution in [-0.4, -0.2) is 25.1 Å². The molecule has 6 heteroatoms. The van der Waals surface area contributed by atoms with Crippen LogP contribution in [0.5, 0.6) is 5.75 Å². The van der Waals surface area contributed by atoms with Crippen LogP contribution in [0.15, 0.2) is 65.2 Å². The van der Waals surface area contributed by atoms with Crippen LogP contribution in [0.2, 0.25) is 0 Å². The van der Waals surface area contributed by atoms with Gasteiger partial charge in [-0.05, 0) is 68.3 Å². The van der Waals surface area contributed by atoms with E-state index in [9.17, 15) is 9.59 Å². The topological polar surface area (TPSA) is 64.6 Å². The Balaban J connectivity index is 1.71. The molecule has 0 heterocycles. The largest absolute Gasteiger partial charge is 0.494 e. The van der Waals surface area contributed by atoms with E-state index in [-0.39, 0.29) is 11.9 Å². The molecular weight excluding hydrogens is 410 g/mol. The molecule has 0 saturated carbocycles. The Bertz CT molecular complexity index is 785. The lowest BCUT2D eigenvalue weighted by molar-refractivity contribution is -0.139. The number of anilines is 1. The number of unbranched alkanes of at least 4 members (excludes halogenated alkanes) is 1. The molecule has 0 unspecified atom stereocenters. The van der Waals surface area contributed by atoms with E-state index in [4.69, 9.17) is 9.47 Å². The highest BCUT2D eigenvalue weighted by atomic mass is 79.9. The van der Waals surface area contributed by atoms with E-state index in [1.54, 1.807) is 31.2 Å². The summed E-state index contributed by atoms with van der Waals surface area (Å²) in [5.74, 6) is 0.144. The Morgan fingerprint density at radius 3 is 2.26 bits per heavy atom. The minimum Gasteiger partial charge on any atom is -0.494 e. The number of hydrogen-bond donors (Lipinski definition) is 1. The predicted octanol–water partition coefficient (Wildman–Crippen LogP) is 4.98. The minimum absolute atomic E-state index is 0.178. The van der Waals surface area contributed by atoms with Crippen molar-refractivity contribution in [1.29, 1.82) is 0 Å². The first-order valence-electron chi connectivity index (χ1n) is 8.58. The summed E-state index contributed by atoms with van der Waals surface area (Å²) in [7, 11) is 0. The Kier molecular flexibility index (Phi) is 8.07. The van der Waals surface area contributed by atoms with Gasteiger partial charge in [0.2, 0.25) is 0 Å². The maximum absolute atomic E-state index is 12.2. The molecule has 27 heavy (non-hydrogen) atoms. The molecule has 0 aliphatic heterocycles. The lowest BCUT2D eigenvalue weighted by atomic mass is 10.2. The molecule has 5 nitrogen and oxygen atoms in total. The number of halogens is 1. The molecule has 0 atom stereocenters. The molecule has 2 aromatic carbocycles. The smallest absolute Gasteiger partial charge is 0.333 e. The first-order chi connectivity index (χ1) is 13.0. The van der Waals surface area contributed by atoms with Gasteiger partial charge in [-0.3, -0.25) is 4.79 Å². The number of ether oxygens (including phenoxy) is 2. The second kappa shape index (κ2) is 10.5. The fourth-order valence-corrected chi connectivity index (χ4v) is 2.39. The normalized spacial score (nSPS) is 10.1. The SMILES string of the molecule is C=C(C)C(=O)OCCCCOc1ccc(C(=O)Nc2ccc(Br)cc2)cc1. The van der Waals surface area contributed by atoms with E-state index in [1.165, 1.54) is 0 Å². The van der Waals surface area contributed by atoms with Crippen molar-refractivity contribution in [2.24, 2.45) is 0 Å². The third-order valence-corrected chi connectivity index (χ3v) is 4.14. The van der Waals surface area contributed by atoms with Crippen molar-refractivity contribution < 1.29 is 19.1 Å². The van der Waals surface area contributed by atoms with Crippen LogP contribution >= 0.6 is 15.9 Å². The van der Waals surface area contributed by atoms with E-state index >= 15 is 0 Å². The van der Waals surface area contributed by atoms with E-state index in [2.05, 4.69) is 27.8 Å². The van der Waals surface area contributed by atoms with Crippen molar-refractivity contribution in [2.45, 2.75) is 19.8 Å². The Morgan fingerprint density at radius 2 is 1.63 bits per heavy atom. The highest BCUT2D eigenvalue weighted by Crippen LogP contribution is 2.17. The number of nitrogens with one attached hydrogen (secondary N) is 1. The third-order valence-electron chi connectivity index (χ3n) is 3.61. The number of benzene rings is 2. The lowest BCUT2D eigenvalue weighted by Crippen LogP contribution is -2.11. The van der Waals surface area contributed by atoms with Crippen LogP contribution in [0.3, 0.4) is 0 Å². The first kappa shape index (κ1) is 20.7. The zero-order valence-corrected chi connectivity index (χ0v) is 16.8. The monoisotopic (exact) mass is 431 g/mol. The summed E-state index contributed by atoms with van der Waals surface area (Å²) in [5.41, 5.74) is 1.68. The van der Waals surface area contributed by atoms with Gasteiger partial charge in [-0.25, -0.2) is 4.79 Å². The summed E-state index contributed by atoms with van der Waals surface area (Å²) in [6.45, 7) is 6.01. The van der Waals surface area contributed by atoms with Crippen LogP contribution in [-0.2, 0) is 9.53 Å². The molecule has 0 aromatic heterocycles. The van der Waals surface area contributed by atoms with Crippen LogP contribution in [0, 0.1) is 0 Å². The van der Waals surface area contributed by atoms with Gasteiger partial charge in [0, 0.05) is 21.3 Å². The summed E-state index contributed by atoms with van der Waals surface area (Å²) in [5, 5.41) is 2.84. The molecule has 0 radical (unpaired) electrons. The summed E-state index contributed by atoms with van der Waals surface area (Å²) in [4.78, 5) is 23.5. The Hall–Kier alpha value is -2.60. The van der Waals surface area contributed by atoms with Gasteiger partial charge >= 0.3 is 5.97 Å². The Morgan fingerprint density at radius 1 is 1.00 bits per heavy atom. The fraction of sp³-hybridized carbons (Fsp3) is 0.238. The number of carbonyl (C=O) groups is 2. The molecule has 142 valence electrons. The van der Waals surface area contributed by atoms with Gasteiger partial charge in [-0.1, -0.05) is 22.5 Å². The summed E-state index contributed by atoms with van der Waals surface area (Å²) < 4.78 is 11.6. The van der Waals surface area contributed by atoms with Crippen molar-refractivity contribution in [3.63, 3.8) is 0 Å². The molecule has 1 N–H and O–H groups in total. The van der Waals surface area contributed by atoms with Crippen LogP contribution < -0.4 is 10.1 Å². The van der Waals surface area contributed by atoms with Crippen LogP contribution in [0.25, 0.3) is 0 Å². The van der Waals surface area contributed by atoms with Crippen LogP contribution in [0.4, 0.5) is 5.69 Å². The maximum Gasteiger partial charge on any atom is 0.333 e. The predicted molar refractivity (Wildman–Crippen MR) is 109 cm³/mol. The first-order valence-corrected chi connectivity index (χ1v) is 9.37. The number of hydrogen-bond acceptors (Lipinski definition) is 4. The molecule has 1 amide bonds. The van der Waals surface area contributed by atoms with Gasteiger partial charge < -0.3 is 14.8 Å². The molecule has 2 rings (SSSR count). The molecular formula is C21H22BrNO4. The highest BCUT2D eigenvalue weighted by molar-refractivity contribution is 9.10. The fourth-order valence-electron chi connectivity index (χ4n) is 2.12. The van der Waals surface area contributed by atoms with Gasteiger partial charge in [-0.15, -0.1) is 0 Å². The summed E-state index contributed by atoms with van der Waals surface area (Å²) in [6, 6.07) is 14.4. The highest BCUT2D eigenvalue weighted by Gasteiger charge is 2.06.